The third-order valence-electron chi connectivity index (χ3n) is 2.68. The van der Waals surface area contributed by atoms with Gasteiger partial charge in [-0.15, -0.1) is 0 Å². The molecular weight excluding hydrogens is 264 g/mol. The quantitative estimate of drug-likeness (QED) is 0.632. The van der Waals surface area contributed by atoms with Crippen molar-refractivity contribution in [3.63, 3.8) is 0 Å². The van der Waals surface area contributed by atoms with E-state index in [2.05, 4.69) is 0 Å². The van der Waals surface area contributed by atoms with Gasteiger partial charge in [0, 0.05) is 5.56 Å². The van der Waals surface area contributed by atoms with Crippen LogP contribution in [0.3, 0.4) is 0 Å². The zero-order valence-electron chi connectivity index (χ0n) is 11.2. The summed E-state index contributed by atoms with van der Waals surface area (Å²) in [7, 11) is 0. The Hall–Kier alpha value is -2.44. The van der Waals surface area contributed by atoms with Crippen molar-refractivity contribution in [1.29, 1.82) is 0 Å². The fraction of sp³-hybridized carbons (Fsp3) is 0.385. The summed E-state index contributed by atoms with van der Waals surface area (Å²) in [5.74, 6) is -2.41. The smallest absolute Gasteiger partial charge is 0.333 e. The van der Waals surface area contributed by atoms with E-state index in [1.54, 1.807) is 32.0 Å². The molecule has 1 N–H and O–H groups in total. The molecule has 1 aromatic carbocycles. The van der Waals surface area contributed by atoms with Gasteiger partial charge in [0.25, 0.3) is 0 Å². The molecule has 0 fully saturated rings. The zero-order valence-corrected chi connectivity index (χ0v) is 11.2. The number of hydrogen-bond acceptors (Lipinski definition) is 4. The predicted octanol–water partition coefficient (Wildman–Crippen LogP) is 1.82. The molecule has 0 saturated carbocycles. The van der Waals surface area contributed by atoms with Crippen LogP contribution >= 0.6 is 0 Å². The van der Waals surface area contributed by atoms with Gasteiger partial charge in [-0.2, -0.15) is 0 Å². The van der Waals surface area contributed by atoms with Crippen molar-refractivity contribution in [3.05, 3.63) is 46.0 Å². The minimum atomic E-state index is -1.49. The number of carboxylic acids is 1. The maximum atomic E-state index is 12.1. The molecule has 1 amide bonds. The molecule has 0 bridgehead atoms. The van der Waals surface area contributed by atoms with Crippen LogP contribution in [0.15, 0.2) is 30.3 Å². The van der Waals surface area contributed by atoms with Crippen LogP contribution in [0.2, 0.25) is 0 Å². The molecule has 0 spiro atoms. The summed E-state index contributed by atoms with van der Waals surface area (Å²) in [5, 5.41) is 19.5. The molecular formula is C13H16N2O5. The number of rotatable bonds is 6. The first-order chi connectivity index (χ1) is 9.34. The van der Waals surface area contributed by atoms with Gasteiger partial charge in [0.2, 0.25) is 0 Å². The highest BCUT2D eigenvalue weighted by Crippen LogP contribution is 2.15. The lowest BCUT2D eigenvalue weighted by Gasteiger charge is -2.21. The Kier molecular flexibility index (Phi) is 5.19. The van der Waals surface area contributed by atoms with Crippen LogP contribution in [-0.2, 0) is 4.79 Å². The molecule has 1 aromatic rings. The summed E-state index contributed by atoms with van der Waals surface area (Å²) >= 11 is 0. The van der Waals surface area contributed by atoms with E-state index in [1.807, 2.05) is 0 Å². The van der Waals surface area contributed by atoms with E-state index in [-0.39, 0.29) is 22.9 Å². The number of nitro groups is 1. The Balaban J connectivity index is 3.12. The Bertz CT molecular complexity index is 501. The average Bonchev–Trinajstić information content (AvgIpc) is 2.37. The third kappa shape index (κ3) is 3.78. The molecule has 1 atom stereocenters. The van der Waals surface area contributed by atoms with E-state index in [1.165, 1.54) is 12.1 Å². The minimum absolute atomic E-state index is 0.00882. The number of amides is 1. The Morgan fingerprint density at radius 2 is 1.85 bits per heavy atom. The van der Waals surface area contributed by atoms with Crippen LogP contribution in [0.5, 0.6) is 0 Å². The first kappa shape index (κ1) is 15.6. The topological polar surface area (TPSA) is 101 Å². The molecule has 1 unspecified atom stereocenters. The molecule has 0 radical (unpaired) electrons. The van der Waals surface area contributed by atoms with Crippen molar-refractivity contribution in [1.82, 2.24) is 5.01 Å². The van der Waals surface area contributed by atoms with Crippen molar-refractivity contribution in [2.75, 3.05) is 0 Å². The second-order valence-electron chi connectivity index (χ2n) is 4.74. The van der Waals surface area contributed by atoms with Crippen molar-refractivity contribution in [3.8, 4) is 0 Å². The SMILES string of the molecule is CC(C)CC(C(=O)O)N(C(=O)c1ccccc1)[N+](=O)[O-]. The first-order valence-corrected chi connectivity index (χ1v) is 6.10. The Morgan fingerprint density at radius 3 is 2.25 bits per heavy atom. The molecule has 0 aromatic heterocycles. The van der Waals surface area contributed by atoms with Crippen LogP contribution in [0.1, 0.15) is 30.6 Å². The molecule has 7 nitrogen and oxygen atoms in total. The van der Waals surface area contributed by atoms with Gasteiger partial charge < -0.3 is 5.11 Å². The van der Waals surface area contributed by atoms with Crippen LogP contribution in [0, 0.1) is 16.0 Å². The van der Waals surface area contributed by atoms with Gasteiger partial charge in [0.15, 0.2) is 11.1 Å². The van der Waals surface area contributed by atoms with Gasteiger partial charge in [-0.1, -0.05) is 32.0 Å². The zero-order chi connectivity index (χ0) is 15.3. The molecule has 20 heavy (non-hydrogen) atoms. The second kappa shape index (κ2) is 6.65. The number of carbonyl (C=O) groups is 2. The predicted molar refractivity (Wildman–Crippen MR) is 70.5 cm³/mol. The lowest BCUT2D eigenvalue weighted by Crippen LogP contribution is -2.49. The van der Waals surface area contributed by atoms with Crippen LogP contribution < -0.4 is 0 Å². The lowest BCUT2D eigenvalue weighted by molar-refractivity contribution is -0.638. The second-order valence-corrected chi connectivity index (χ2v) is 4.74. The van der Waals surface area contributed by atoms with Gasteiger partial charge in [-0.25, -0.2) is 14.9 Å². The van der Waals surface area contributed by atoms with Gasteiger partial charge in [-0.3, -0.25) is 4.79 Å². The number of benzene rings is 1. The number of aliphatic carboxylic acids is 1. The lowest BCUT2D eigenvalue weighted by atomic mass is 10.0. The summed E-state index contributed by atoms with van der Waals surface area (Å²) in [4.78, 5) is 34.4. The van der Waals surface area contributed by atoms with E-state index in [4.69, 9.17) is 5.11 Å². The maximum Gasteiger partial charge on any atom is 0.333 e. The summed E-state index contributed by atoms with van der Waals surface area (Å²) < 4.78 is 0. The highest BCUT2D eigenvalue weighted by atomic mass is 16.7. The minimum Gasteiger partial charge on any atom is -0.480 e. The van der Waals surface area contributed by atoms with Gasteiger partial charge in [0.05, 0.1) is 0 Å². The summed E-state index contributed by atoms with van der Waals surface area (Å²) in [6.07, 6.45) is 0.00882. The van der Waals surface area contributed by atoms with Crippen molar-refractivity contribution in [2.45, 2.75) is 26.3 Å². The maximum absolute atomic E-state index is 12.1. The fourth-order valence-corrected chi connectivity index (χ4v) is 1.79. The molecule has 0 saturated heterocycles. The van der Waals surface area contributed by atoms with Crippen molar-refractivity contribution >= 4 is 11.9 Å². The summed E-state index contributed by atoms with van der Waals surface area (Å²) in [5.41, 5.74) is 0.0826. The molecule has 7 heteroatoms. The molecule has 1 rings (SSSR count). The summed E-state index contributed by atoms with van der Waals surface area (Å²) in [6, 6.07) is 6.11. The third-order valence-corrected chi connectivity index (χ3v) is 2.68. The van der Waals surface area contributed by atoms with Crippen LogP contribution in [0.4, 0.5) is 0 Å². The highest BCUT2D eigenvalue weighted by molar-refractivity contribution is 5.95. The monoisotopic (exact) mass is 280 g/mol. The normalized spacial score (nSPS) is 11.9. The van der Waals surface area contributed by atoms with E-state index >= 15 is 0 Å². The number of nitrogens with zero attached hydrogens (tertiary/aromatic N) is 2. The standard InChI is InChI=1S/C13H16N2O5/c1-9(2)8-11(13(17)18)14(15(19)20)12(16)10-6-4-3-5-7-10/h3-7,9,11H,8H2,1-2H3,(H,17,18). The molecule has 0 heterocycles. The average molecular weight is 280 g/mol. The molecule has 108 valence electrons. The molecule has 0 aliphatic heterocycles. The largest absolute Gasteiger partial charge is 0.480 e. The molecule has 0 aliphatic carbocycles. The van der Waals surface area contributed by atoms with Crippen molar-refractivity contribution < 1.29 is 19.7 Å². The number of carbonyl (C=O) groups excluding carboxylic acids is 1. The number of hydrogen-bond donors (Lipinski definition) is 1. The molecule has 0 aliphatic rings. The van der Waals surface area contributed by atoms with E-state index in [0.717, 1.165) is 0 Å². The van der Waals surface area contributed by atoms with E-state index in [0.29, 0.717) is 0 Å². The Morgan fingerprint density at radius 1 is 1.30 bits per heavy atom. The van der Waals surface area contributed by atoms with Gasteiger partial charge >= 0.3 is 11.9 Å². The fourth-order valence-electron chi connectivity index (χ4n) is 1.79. The van der Waals surface area contributed by atoms with E-state index < -0.39 is 23.0 Å². The van der Waals surface area contributed by atoms with Crippen molar-refractivity contribution in [2.24, 2.45) is 5.92 Å². The van der Waals surface area contributed by atoms with Gasteiger partial charge in [0.1, 0.15) is 0 Å². The Labute approximate surface area is 115 Å². The van der Waals surface area contributed by atoms with Gasteiger partial charge in [-0.05, 0) is 29.5 Å². The number of carboxylic acid groups (broad SMARTS) is 1. The van der Waals surface area contributed by atoms with E-state index in [9.17, 15) is 19.7 Å². The van der Waals surface area contributed by atoms with Crippen LogP contribution in [0.25, 0.3) is 0 Å². The van der Waals surface area contributed by atoms with Crippen LogP contribution in [-0.4, -0.2) is 33.1 Å². The number of hydrazine groups is 1. The first-order valence-electron chi connectivity index (χ1n) is 6.10. The highest BCUT2D eigenvalue weighted by Gasteiger charge is 2.39. The summed E-state index contributed by atoms with van der Waals surface area (Å²) in [6.45, 7) is 3.47.